The van der Waals surface area contributed by atoms with E-state index in [1.807, 2.05) is 30.3 Å². The summed E-state index contributed by atoms with van der Waals surface area (Å²) in [5, 5.41) is 2.75. The molecule has 4 aromatic rings. The summed E-state index contributed by atoms with van der Waals surface area (Å²) in [5.74, 6) is 1.18. The van der Waals surface area contributed by atoms with Gasteiger partial charge in [0, 0.05) is 41.5 Å². The van der Waals surface area contributed by atoms with E-state index in [0.717, 1.165) is 31.7 Å². The summed E-state index contributed by atoms with van der Waals surface area (Å²) in [7, 11) is 6.66. The van der Waals surface area contributed by atoms with E-state index in [2.05, 4.69) is 25.9 Å². The highest BCUT2D eigenvalue weighted by Crippen LogP contribution is 2.40. The van der Waals surface area contributed by atoms with Gasteiger partial charge >= 0.3 is 0 Å². The molecular weight excluding hydrogens is 410 g/mol. The highest BCUT2D eigenvalue weighted by Gasteiger charge is 2.22. The maximum absolute atomic E-state index is 12.8. The number of H-pyrrole nitrogens is 1. The van der Waals surface area contributed by atoms with Gasteiger partial charge in [-0.2, -0.15) is 0 Å². The first kappa shape index (κ1) is 17.6. The third-order valence-corrected chi connectivity index (χ3v) is 5.09. The van der Waals surface area contributed by atoms with Crippen molar-refractivity contribution in [3.05, 3.63) is 40.5 Å². The van der Waals surface area contributed by atoms with Crippen molar-refractivity contribution in [2.45, 2.75) is 0 Å². The molecule has 6 nitrogen and oxygen atoms in total. The lowest BCUT2D eigenvalue weighted by Crippen LogP contribution is -2.23. The number of halogens is 1. The number of fused-ring (bicyclic) bond motifs is 5. The van der Waals surface area contributed by atoms with Crippen molar-refractivity contribution in [3.63, 3.8) is 0 Å². The van der Waals surface area contributed by atoms with E-state index >= 15 is 0 Å². The Morgan fingerprint density at radius 2 is 1.89 bits per heavy atom. The molecule has 1 N–H and O–H groups in total. The highest BCUT2D eigenvalue weighted by atomic mass is 79.9. The monoisotopic (exact) mass is 427 g/mol. The quantitative estimate of drug-likeness (QED) is 0.527. The van der Waals surface area contributed by atoms with Crippen molar-refractivity contribution in [1.82, 2.24) is 14.9 Å². The molecule has 0 aliphatic rings. The fourth-order valence-corrected chi connectivity index (χ4v) is 3.70. The Balaban J connectivity index is 2.26. The molecular formula is C20H18BrN3O3. The van der Waals surface area contributed by atoms with Gasteiger partial charge in [-0.25, -0.2) is 4.98 Å². The summed E-state index contributed by atoms with van der Waals surface area (Å²) in [6.45, 7) is 0. The lowest BCUT2D eigenvalue weighted by molar-refractivity contribution is 0.0824. The van der Waals surface area contributed by atoms with E-state index in [-0.39, 0.29) is 5.91 Å². The van der Waals surface area contributed by atoms with Crippen LogP contribution in [-0.2, 0) is 0 Å². The molecule has 0 atom stereocenters. The van der Waals surface area contributed by atoms with Crippen LogP contribution in [0.3, 0.4) is 0 Å². The summed E-state index contributed by atoms with van der Waals surface area (Å²) in [6, 6.07) is 9.61. The summed E-state index contributed by atoms with van der Waals surface area (Å²) >= 11 is 3.49. The van der Waals surface area contributed by atoms with E-state index < -0.39 is 0 Å². The van der Waals surface area contributed by atoms with E-state index in [9.17, 15) is 4.79 Å². The van der Waals surface area contributed by atoms with Crippen LogP contribution in [-0.4, -0.2) is 49.1 Å². The number of pyridine rings is 1. The summed E-state index contributed by atoms with van der Waals surface area (Å²) in [4.78, 5) is 22.4. The van der Waals surface area contributed by atoms with Crippen molar-refractivity contribution >= 4 is 54.5 Å². The minimum absolute atomic E-state index is 0.167. The van der Waals surface area contributed by atoms with Crippen molar-refractivity contribution < 1.29 is 14.3 Å². The average Bonchev–Trinajstić information content (AvgIpc) is 3.05. The Bertz CT molecular complexity index is 1210. The van der Waals surface area contributed by atoms with Crippen molar-refractivity contribution in [2.75, 3.05) is 28.3 Å². The number of rotatable bonds is 3. The summed E-state index contributed by atoms with van der Waals surface area (Å²) in [6.07, 6.45) is 0. The fraction of sp³-hybridized carbons (Fsp3) is 0.200. The SMILES string of the molecule is COc1cc(OC)c2c(c1)[nH]c1c(C(=O)N(C)C)nc3cc(Br)ccc3c12. The van der Waals surface area contributed by atoms with E-state index in [0.29, 0.717) is 22.7 Å². The van der Waals surface area contributed by atoms with Crippen molar-refractivity contribution in [1.29, 1.82) is 0 Å². The van der Waals surface area contributed by atoms with Crippen molar-refractivity contribution in [2.24, 2.45) is 0 Å². The second kappa shape index (κ2) is 6.42. The molecule has 1 amide bonds. The zero-order chi connectivity index (χ0) is 19.3. The highest BCUT2D eigenvalue weighted by molar-refractivity contribution is 9.10. The number of amides is 1. The molecule has 0 aliphatic carbocycles. The Hall–Kier alpha value is -2.80. The Morgan fingerprint density at radius 3 is 2.56 bits per heavy atom. The molecule has 0 saturated carbocycles. The third kappa shape index (κ3) is 2.70. The Morgan fingerprint density at radius 1 is 1.11 bits per heavy atom. The normalized spacial score (nSPS) is 11.3. The maximum atomic E-state index is 12.8. The number of methoxy groups -OCH3 is 2. The lowest BCUT2D eigenvalue weighted by atomic mass is 10.0. The molecule has 0 fully saturated rings. The van der Waals surface area contributed by atoms with Crippen LogP contribution in [0.2, 0.25) is 0 Å². The number of aromatic nitrogens is 2. The van der Waals surface area contributed by atoms with Gasteiger partial charge < -0.3 is 19.4 Å². The Labute approximate surface area is 164 Å². The van der Waals surface area contributed by atoms with Crippen LogP contribution >= 0.6 is 15.9 Å². The van der Waals surface area contributed by atoms with Crippen LogP contribution in [0.4, 0.5) is 0 Å². The number of hydrogen-bond acceptors (Lipinski definition) is 4. The molecule has 0 bridgehead atoms. The first-order valence-corrected chi connectivity index (χ1v) is 9.12. The van der Waals surface area contributed by atoms with Gasteiger partial charge in [-0.3, -0.25) is 4.79 Å². The predicted molar refractivity (Wildman–Crippen MR) is 110 cm³/mol. The fourth-order valence-electron chi connectivity index (χ4n) is 3.35. The molecule has 27 heavy (non-hydrogen) atoms. The minimum atomic E-state index is -0.167. The van der Waals surface area contributed by atoms with Gasteiger partial charge in [-0.05, 0) is 12.1 Å². The standard InChI is InChI=1S/C20H18BrN3O3/c1-24(2)20(25)19-18-16(12-6-5-10(21)7-13(12)22-19)17-14(23-18)8-11(26-3)9-15(17)27-4/h5-9,23H,1-4H3. The van der Waals surface area contributed by atoms with Crippen LogP contribution in [0.5, 0.6) is 11.5 Å². The predicted octanol–water partition coefficient (Wildman–Crippen LogP) is 4.35. The molecule has 7 heteroatoms. The first-order chi connectivity index (χ1) is 12.9. The van der Waals surface area contributed by atoms with Crippen LogP contribution in [0.25, 0.3) is 32.7 Å². The molecule has 2 heterocycles. The average molecular weight is 428 g/mol. The van der Waals surface area contributed by atoms with Gasteiger partial charge in [0.15, 0.2) is 5.69 Å². The number of benzene rings is 2. The molecule has 0 spiro atoms. The second-order valence-corrected chi connectivity index (χ2v) is 7.36. The Kier molecular flexibility index (Phi) is 4.19. The maximum Gasteiger partial charge on any atom is 0.274 e. The van der Waals surface area contributed by atoms with Gasteiger partial charge in [-0.15, -0.1) is 0 Å². The van der Waals surface area contributed by atoms with Crippen LogP contribution in [0.15, 0.2) is 34.8 Å². The van der Waals surface area contributed by atoms with Crippen molar-refractivity contribution in [3.8, 4) is 11.5 Å². The number of hydrogen-bond donors (Lipinski definition) is 1. The molecule has 2 aromatic carbocycles. The smallest absolute Gasteiger partial charge is 0.274 e. The van der Waals surface area contributed by atoms with Gasteiger partial charge in [-0.1, -0.05) is 22.0 Å². The van der Waals surface area contributed by atoms with Gasteiger partial charge in [0.1, 0.15) is 11.5 Å². The second-order valence-electron chi connectivity index (χ2n) is 6.45. The molecule has 0 aliphatic heterocycles. The number of carbonyl (C=O) groups is 1. The topological polar surface area (TPSA) is 67.5 Å². The molecule has 0 unspecified atom stereocenters. The van der Waals surface area contributed by atoms with Gasteiger partial charge in [0.05, 0.1) is 36.2 Å². The van der Waals surface area contributed by atoms with E-state index in [1.165, 1.54) is 4.90 Å². The van der Waals surface area contributed by atoms with Crippen LogP contribution in [0.1, 0.15) is 10.5 Å². The van der Waals surface area contributed by atoms with Crippen LogP contribution < -0.4 is 9.47 Å². The first-order valence-electron chi connectivity index (χ1n) is 8.33. The number of ether oxygens (including phenoxy) is 2. The number of carbonyl (C=O) groups excluding carboxylic acids is 1. The van der Waals surface area contributed by atoms with E-state index in [4.69, 9.17) is 9.47 Å². The zero-order valence-electron chi connectivity index (χ0n) is 15.4. The summed E-state index contributed by atoms with van der Waals surface area (Å²) < 4.78 is 11.9. The lowest BCUT2D eigenvalue weighted by Gasteiger charge is -2.12. The largest absolute Gasteiger partial charge is 0.497 e. The van der Waals surface area contributed by atoms with Crippen LogP contribution in [0, 0.1) is 0 Å². The minimum Gasteiger partial charge on any atom is -0.497 e. The van der Waals surface area contributed by atoms with E-state index in [1.54, 1.807) is 28.3 Å². The number of nitrogens with one attached hydrogen (secondary N) is 1. The van der Waals surface area contributed by atoms with Gasteiger partial charge in [0.25, 0.3) is 5.91 Å². The molecule has 138 valence electrons. The molecule has 4 rings (SSSR count). The zero-order valence-corrected chi connectivity index (χ0v) is 17.0. The summed E-state index contributed by atoms with van der Waals surface area (Å²) in [5.41, 5.74) is 2.62. The third-order valence-electron chi connectivity index (χ3n) is 4.60. The molecule has 2 aromatic heterocycles. The number of nitrogens with zero attached hydrogens (tertiary/aromatic N) is 2. The molecule has 0 radical (unpaired) electrons. The molecule has 0 saturated heterocycles. The number of aromatic amines is 1. The van der Waals surface area contributed by atoms with Gasteiger partial charge in [0.2, 0.25) is 0 Å².